The zero-order valence-electron chi connectivity index (χ0n) is 53.2. The van der Waals surface area contributed by atoms with Crippen LogP contribution in [0, 0.1) is 29.6 Å². The van der Waals surface area contributed by atoms with Crippen LogP contribution >= 0.6 is 0 Å². The van der Waals surface area contributed by atoms with Crippen LogP contribution in [-0.2, 0) is 59.2 Å². The number of primary amides is 1. The summed E-state index contributed by atoms with van der Waals surface area (Å²) >= 11 is 0. The first-order chi connectivity index (χ1) is 38.5. The van der Waals surface area contributed by atoms with Gasteiger partial charge in [-0.2, -0.15) is 0 Å². The number of likely N-dealkylation sites (N-methyl/N-ethyl adjacent to an activating group) is 7. The van der Waals surface area contributed by atoms with E-state index in [0.29, 0.717) is 6.42 Å². The van der Waals surface area contributed by atoms with Crippen molar-refractivity contribution in [3.8, 4) is 0 Å². The number of rotatable bonds is 33. The molecule has 23 nitrogen and oxygen atoms in total. The third-order valence-electron chi connectivity index (χ3n) is 14.9. The molecule has 0 spiro atoms. The van der Waals surface area contributed by atoms with Gasteiger partial charge in [0.05, 0.1) is 19.2 Å². The summed E-state index contributed by atoms with van der Waals surface area (Å²) in [6, 6.07) is -0.670. The van der Waals surface area contributed by atoms with E-state index in [0.717, 1.165) is 15.4 Å². The lowest BCUT2D eigenvalue weighted by atomic mass is 9.91. The van der Waals surface area contributed by atoms with Crippen LogP contribution < -0.4 is 21.7 Å². The molecule has 0 heterocycles. The second kappa shape index (κ2) is 34.6. The Kier molecular flexibility index (Phi) is 30.9. The second-order valence-corrected chi connectivity index (χ2v) is 23.6. The normalized spacial score (nSPS) is 15.1. The van der Waals surface area contributed by atoms with Crippen molar-refractivity contribution in [3.05, 3.63) is 48.0 Å². The molecule has 1 unspecified atom stereocenters. The van der Waals surface area contributed by atoms with E-state index in [2.05, 4.69) is 16.0 Å². The first-order valence-electron chi connectivity index (χ1n) is 28.8. The smallest absolute Gasteiger partial charge is 0.246 e. The Morgan fingerprint density at radius 2 is 1.05 bits per heavy atom. The first kappa shape index (κ1) is 74.1. The van der Waals surface area contributed by atoms with E-state index in [1.54, 1.807) is 84.9 Å². The highest BCUT2D eigenvalue weighted by Crippen LogP contribution is 2.25. The van der Waals surface area contributed by atoms with Gasteiger partial charge in [-0.05, 0) is 75.7 Å². The fourth-order valence-corrected chi connectivity index (χ4v) is 9.75. The van der Waals surface area contributed by atoms with E-state index >= 15 is 9.59 Å². The Morgan fingerprint density at radius 3 is 1.52 bits per heavy atom. The van der Waals surface area contributed by atoms with Crippen molar-refractivity contribution < 1.29 is 57.8 Å². The fourth-order valence-electron chi connectivity index (χ4n) is 9.75. The van der Waals surface area contributed by atoms with Crippen LogP contribution in [0.3, 0.4) is 0 Å². The molecule has 468 valence electrons. The molecule has 0 bridgehead atoms. The van der Waals surface area contributed by atoms with E-state index in [-0.39, 0.29) is 55.9 Å². The highest BCUT2D eigenvalue weighted by molar-refractivity contribution is 5.98. The quantitative estimate of drug-likeness (QED) is 0.0633. The largest absolute Gasteiger partial charge is 0.390 e. The zero-order valence-corrected chi connectivity index (χ0v) is 53.2. The lowest BCUT2D eigenvalue weighted by molar-refractivity contribution is -0.157. The average Bonchev–Trinajstić information content (AvgIpc) is 3.35. The molecule has 6 N–H and O–H groups in total. The van der Waals surface area contributed by atoms with Crippen LogP contribution in [0.25, 0.3) is 0 Å². The second-order valence-electron chi connectivity index (χ2n) is 23.6. The number of aliphatic hydroxyl groups is 1. The summed E-state index contributed by atoms with van der Waals surface area (Å²) in [7, 11) is 9.91. The van der Waals surface area contributed by atoms with Crippen LogP contribution in [-0.4, -0.2) is 221 Å². The summed E-state index contributed by atoms with van der Waals surface area (Å²) in [5, 5.41) is 19.9. The van der Waals surface area contributed by atoms with E-state index in [1.807, 2.05) is 33.8 Å². The molecular weight excluding hydrogens is 1070 g/mol. The highest BCUT2D eigenvalue weighted by Gasteiger charge is 2.45. The third kappa shape index (κ3) is 22.0. The molecule has 0 fully saturated rings. The minimum atomic E-state index is -1.61. The first-order valence-corrected chi connectivity index (χ1v) is 28.8. The van der Waals surface area contributed by atoms with Gasteiger partial charge in [0.1, 0.15) is 48.3 Å². The summed E-state index contributed by atoms with van der Waals surface area (Å²) in [5.41, 5.74) is 6.48. The molecule has 11 amide bonds. The topological polar surface area (TPSA) is 293 Å². The number of benzene rings is 1. The van der Waals surface area contributed by atoms with Gasteiger partial charge in [-0.25, -0.2) is 0 Å². The van der Waals surface area contributed by atoms with Gasteiger partial charge in [-0.3, -0.25) is 52.7 Å². The number of carbonyl (C=O) groups is 11. The van der Waals surface area contributed by atoms with Crippen molar-refractivity contribution in [2.24, 2.45) is 35.3 Å². The van der Waals surface area contributed by atoms with Crippen LogP contribution in [0.4, 0.5) is 0 Å². The molecule has 0 radical (unpaired) electrons. The van der Waals surface area contributed by atoms with Gasteiger partial charge in [0.25, 0.3) is 0 Å². The van der Waals surface area contributed by atoms with Gasteiger partial charge in [0, 0.05) is 61.7 Å². The van der Waals surface area contributed by atoms with Crippen molar-refractivity contribution in [2.75, 3.05) is 62.4 Å². The van der Waals surface area contributed by atoms with Gasteiger partial charge >= 0.3 is 0 Å². The van der Waals surface area contributed by atoms with Gasteiger partial charge in [0.2, 0.25) is 65.0 Å². The molecule has 0 aliphatic heterocycles. The maximum atomic E-state index is 15.1. The number of amides is 11. The lowest BCUT2D eigenvalue weighted by Gasteiger charge is -2.41. The number of carbonyl (C=O) groups excluding carboxylic acids is 11. The van der Waals surface area contributed by atoms with Crippen LogP contribution in [0.1, 0.15) is 121 Å². The molecule has 10 atom stereocenters. The van der Waals surface area contributed by atoms with Crippen molar-refractivity contribution in [2.45, 2.75) is 177 Å². The number of hydrogen-bond donors (Lipinski definition) is 5. The molecule has 83 heavy (non-hydrogen) atoms. The SMILES string of the molecule is C/C=C/C[C@@H](C)[C@H](O)C(C(=O)N[C@H](CC)C(=O)N(C)CC(=O)N(C)[C@@H](Cc1ccccc1)C(N)=O)N(C)C(=O)[C@H](C(C)C)N(C)C(=O)[C@@H](CC(C)C)N(C)C(=O)[C@@H](CC(C)C)N(C)C(=O)[C@H](C)NC(=O)[C@@H](C)NC(=O)CN(C)C(=O)C(C)C. The molecule has 1 rings (SSSR count). The molecule has 0 aromatic heterocycles. The van der Waals surface area contributed by atoms with Crippen molar-refractivity contribution in [3.63, 3.8) is 0 Å². The standard InChI is InChI=1S/C60H101N11O12/c1-21-23-27-39(11)51(74)50(54(77)64-43(22-2)57(80)66(15)34-48(73)67(16)44(52(61)75)32-42-28-25-24-26-29-42)71(20)60(83)49(37(7)8)70(19)59(82)46(31-36(5)6)69(18)58(81)45(30-35(3)4)68(17)56(79)41(13)63-53(76)40(12)62-47(72)33-65(14)55(78)38(9)10/h21,23-26,28-29,35-41,43-46,49-51,74H,22,27,30-34H2,1-20H3,(H2,61,75)(H,62,72)(H,63,76)(H,64,77)/b23-21+/t39-,40-,41+,43-,44+,45-,46-,49+,50?,51+/m1/s1. The van der Waals surface area contributed by atoms with Gasteiger partial charge in [-0.15, -0.1) is 0 Å². The van der Waals surface area contributed by atoms with Crippen LogP contribution in [0.2, 0.25) is 0 Å². The molecular formula is C60H101N11O12. The average molecular weight is 1170 g/mol. The number of aliphatic hydroxyl groups excluding tert-OH is 1. The Bertz CT molecular complexity index is 2400. The maximum Gasteiger partial charge on any atom is 0.246 e. The van der Waals surface area contributed by atoms with Gasteiger partial charge in [0.15, 0.2) is 0 Å². The molecule has 0 aliphatic carbocycles. The number of nitrogens with two attached hydrogens (primary N) is 1. The Balaban J connectivity index is 3.59. The molecule has 0 saturated heterocycles. The monoisotopic (exact) mass is 1170 g/mol. The number of nitrogens with one attached hydrogen (secondary N) is 3. The molecule has 1 aromatic rings. The van der Waals surface area contributed by atoms with Gasteiger partial charge in [-0.1, -0.05) is 112 Å². The fraction of sp³-hybridized carbons (Fsp3) is 0.683. The maximum absolute atomic E-state index is 15.1. The summed E-state index contributed by atoms with van der Waals surface area (Å²) in [6.07, 6.45) is 2.88. The Labute approximate surface area is 493 Å². The zero-order chi connectivity index (χ0) is 64.1. The van der Waals surface area contributed by atoms with Gasteiger partial charge < -0.3 is 61.1 Å². The lowest BCUT2D eigenvalue weighted by Crippen LogP contribution is -2.63. The third-order valence-corrected chi connectivity index (χ3v) is 14.9. The predicted molar refractivity (Wildman–Crippen MR) is 318 cm³/mol. The van der Waals surface area contributed by atoms with Crippen molar-refractivity contribution in [1.82, 2.24) is 50.2 Å². The molecule has 0 aliphatic rings. The number of allylic oxidation sites excluding steroid dienone is 2. The van der Waals surface area contributed by atoms with Crippen LogP contribution in [0.15, 0.2) is 42.5 Å². The Hall–Kier alpha value is -6.91. The molecule has 1 aromatic carbocycles. The van der Waals surface area contributed by atoms with Crippen molar-refractivity contribution >= 4 is 65.0 Å². The Morgan fingerprint density at radius 1 is 0.554 bits per heavy atom. The van der Waals surface area contributed by atoms with E-state index in [9.17, 15) is 48.3 Å². The van der Waals surface area contributed by atoms with E-state index in [1.165, 1.54) is 87.7 Å². The highest BCUT2D eigenvalue weighted by atomic mass is 16.3. The summed E-state index contributed by atoms with van der Waals surface area (Å²) in [5.74, 6) is -8.77. The van der Waals surface area contributed by atoms with E-state index in [4.69, 9.17) is 5.73 Å². The minimum Gasteiger partial charge on any atom is -0.390 e. The summed E-state index contributed by atoms with van der Waals surface area (Å²) in [6.45, 7) is 21.5. The molecule has 0 saturated carbocycles. The number of nitrogens with zero attached hydrogens (tertiary/aromatic N) is 7. The predicted octanol–water partition coefficient (Wildman–Crippen LogP) is 2.04. The number of hydrogen-bond acceptors (Lipinski definition) is 12. The molecule has 23 heteroatoms. The van der Waals surface area contributed by atoms with Crippen LogP contribution in [0.5, 0.6) is 0 Å². The summed E-state index contributed by atoms with van der Waals surface area (Å²) in [4.78, 5) is 160. The van der Waals surface area contributed by atoms with E-state index < -0.39 is 132 Å². The summed E-state index contributed by atoms with van der Waals surface area (Å²) < 4.78 is 0. The van der Waals surface area contributed by atoms with Crippen molar-refractivity contribution in [1.29, 1.82) is 0 Å². The minimum absolute atomic E-state index is 0.0429.